The Morgan fingerprint density at radius 3 is 3.00 bits per heavy atom. The second-order valence-corrected chi connectivity index (χ2v) is 2.34. The van der Waals surface area contributed by atoms with E-state index < -0.39 is 6.10 Å². The van der Waals surface area contributed by atoms with Gasteiger partial charge in [-0.2, -0.15) is 5.10 Å². The van der Waals surface area contributed by atoms with Crippen molar-refractivity contribution in [2.45, 2.75) is 19.1 Å². The maximum atomic E-state index is 9.07. The van der Waals surface area contributed by atoms with Crippen LogP contribution in [0.4, 0.5) is 0 Å². The fourth-order valence-electron chi connectivity index (χ4n) is 0.747. The minimum Gasteiger partial charge on any atom is -0.392 e. The predicted octanol–water partition coefficient (Wildman–Crippen LogP) is -1.01. The van der Waals surface area contributed by atoms with E-state index in [2.05, 4.69) is 10.1 Å². The van der Waals surface area contributed by atoms with Gasteiger partial charge in [0, 0.05) is 13.1 Å². The van der Waals surface area contributed by atoms with Crippen molar-refractivity contribution < 1.29 is 5.11 Å². The van der Waals surface area contributed by atoms with Crippen LogP contribution in [0, 0.1) is 0 Å². The Balaban J connectivity index is 2.23. The number of rotatable bonds is 4. The summed E-state index contributed by atoms with van der Waals surface area (Å²) in [5.74, 6) is 0. The fourth-order valence-corrected chi connectivity index (χ4v) is 0.747. The first-order chi connectivity index (χ1) is 5.33. The summed E-state index contributed by atoms with van der Waals surface area (Å²) in [4.78, 5) is 3.76. The molecule has 1 aromatic rings. The Hall–Kier alpha value is -0.940. The molecule has 0 spiro atoms. The largest absolute Gasteiger partial charge is 0.392 e. The van der Waals surface area contributed by atoms with Crippen LogP contribution >= 0.6 is 0 Å². The van der Waals surface area contributed by atoms with Crippen LogP contribution in [0.1, 0.15) is 6.42 Å². The molecule has 1 aromatic heterocycles. The van der Waals surface area contributed by atoms with Gasteiger partial charge in [-0.25, -0.2) is 4.98 Å². The molecule has 0 amide bonds. The normalized spacial score (nSPS) is 13.3. The van der Waals surface area contributed by atoms with Gasteiger partial charge in [0.25, 0.3) is 0 Å². The Labute approximate surface area is 64.9 Å². The number of nitrogens with two attached hydrogens (primary N) is 1. The van der Waals surface area contributed by atoms with Gasteiger partial charge in [0.2, 0.25) is 0 Å². The average Bonchev–Trinajstić information content (AvgIpc) is 2.52. The van der Waals surface area contributed by atoms with Crippen LogP contribution in [-0.2, 0) is 6.54 Å². The molecule has 5 nitrogen and oxygen atoms in total. The minimum absolute atomic E-state index is 0.300. The van der Waals surface area contributed by atoms with Gasteiger partial charge < -0.3 is 10.8 Å². The van der Waals surface area contributed by atoms with Gasteiger partial charge in [0.1, 0.15) is 12.7 Å². The first kappa shape index (κ1) is 8.16. The highest BCUT2D eigenvalue weighted by molar-refractivity contribution is 4.59. The molecule has 1 rings (SSSR count). The third-order valence-corrected chi connectivity index (χ3v) is 1.43. The smallest absolute Gasteiger partial charge is 0.137 e. The monoisotopic (exact) mass is 156 g/mol. The lowest BCUT2D eigenvalue weighted by atomic mass is 10.2. The molecule has 1 heterocycles. The van der Waals surface area contributed by atoms with Gasteiger partial charge in [-0.05, 0) is 6.42 Å². The van der Waals surface area contributed by atoms with Crippen LogP contribution in [0.25, 0.3) is 0 Å². The maximum Gasteiger partial charge on any atom is 0.137 e. The summed E-state index contributed by atoms with van der Waals surface area (Å²) in [7, 11) is 0. The summed E-state index contributed by atoms with van der Waals surface area (Å²) in [5, 5.41) is 12.9. The standard InChI is InChI=1S/C6H12N4O/c7-3-6(11)1-2-10-5-8-4-9-10/h4-6,11H,1-3,7H2. The van der Waals surface area contributed by atoms with E-state index in [1.807, 2.05) is 0 Å². The number of aryl methyl sites for hydroxylation is 1. The molecule has 0 bridgehead atoms. The van der Waals surface area contributed by atoms with Crippen molar-refractivity contribution in [1.29, 1.82) is 0 Å². The molecule has 0 saturated heterocycles. The first-order valence-corrected chi connectivity index (χ1v) is 3.53. The quantitative estimate of drug-likeness (QED) is 0.585. The van der Waals surface area contributed by atoms with Crippen LogP contribution in [-0.4, -0.2) is 32.5 Å². The Kier molecular flexibility index (Phi) is 3.00. The van der Waals surface area contributed by atoms with Gasteiger partial charge in [-0.1, -0.05) is 0 Å². The predicted molar refractivity (Wildman–Crippen MR) is 39.7 cm³/mol. The molecule has 0 aromatic carbocycles. The van der Waals surface area contributed by atoms with Crippen LogP contribution in [0.2, 0.25) is 0 Å². The molecule has 62 valence electrons. The van der Waals surface area contributed by atoms with Crippen molar-refractivity contribution in [3.8, 4) is 0 Å². The molecule has 0 aliphatic heterocycles. The van der Waals surface area contributed by atoms with Crippen molar-refractivity contribution in [3.63, 3.8) is 0 Å². The topological polar surface area (TPSA) is 77.0 Å². The molecule has 1 unspecified atom stereocenters. The highest BCUT2D eigenvalue weighted by Crippen LogP contribution is 1.91. The third-order valence-electron chi connectivity index (χ3n) is 1.43. The molecule has 0 fully saturated rings. The van der Waals surface area contributed by atoms with Gasteiger partial charge in [-0.15, -0.1) is 0 Å². The lowest BCUT2D eigenvalue weighted by Gasteiger charge is -2.05. The molecule has 0 aliphatic rings. The van der Waals surface area contributed by atoms with E-state index in [0.29, 0.717) is 19.5 Å². The van der Waals surface area contributed by atoms with Gasteiger partial charge >= 0.3 is 0 Å². The number of aliphatic hydroxyl groups excluding tert-OH is 1. The Morgan fingerprint density at radius 1 is 1.64 bits per heavy atom. The third kappa shape index (κ3) is 2.65. The van der Waals surface area contributed by atoms with Crippen molar-refractivity contribution in [2.24, 2.45) is 5.73 Å². The summed E-state index contributed by atoms with van der Waals surface area (Å²) in [6.07, 6.45) is 3.27. The first-order valence-electron chi connectivity index (χ1n) is 3.53. The lowest BCUT2D eigenvalue weighted by Crippen LogP contribution is -2.21. The van der Waals surface area contributed by atoms with Gasteiger partial charge in [0.15, 0.2) is 0 Å². The minimum atomic E-state index is -0.431. The fraction of sp³-hybridized carbons (Fsp3) is 0.667. The molecule has 0 radical (unpaired) electrons. The number of aliphatic hydroxyl groups is 1. The van der Waals surface area contributed by atoms with Crippen molar-refractivity contribution in [2.75, 3.05) is 6.54 Å². The summed E-state index contributed by atoms with van der Waals surface area (Å²) in [6, 6.07) is 0. The van der Waals surface area contributed by atoms with Crippen LogP contribution in [0.15, 0.2) is 12.7 Å². The van der Waals surface area contributed by atoms with Gasteiger partial charge in [-0.3, -0.25) is 4.68 Å². The van der Waals surface area contributed by atoms with Crippen molar-refractivity contribution in [3.05, 3.63) is 12.7 Å². The van der Waals surface area contributed by atoms with Crippen molar-refractivity contribution >= 4 is 0 Å². The second-order valence-electron chi connectivity index (χ2n) is 2.34. The molecular formula is C6H12N4O. The molecule has 5 heteroatoms. The number of nitrogens with zero attached hydrogens (tertiary/aromatic N) is 3. The van der Waals surface area contributed by atoms with E-state index >= 15 is 0 Å². The highest BCUT2D eigenvalue weighted by Gasteiger charge is 2.00. The summed E-state index contributed by atoms with van der Waals surface area (Å²) >= 11 is 0. The number of aromatic nitrogens is 3. The number of hydrogen-bond acceptors (Lipinski definition) is 4. The van der Waals surface area contributed by atoms with Crippen molar-refractivity contribution in [1.82, 2.24) is 14.8 Å². The zero-order chi connectivity index (χ0) is 8.10. The summed E-state index contributed by atoms with van der Waals surface area (Å²) in [6.45, 7) is 0.965. The zero-order valence-corrected chi connectivity index (χ0v) is 6.22. The molecular weight excluding hydrogens is 144 g/mol. The Morgan fingerprint density at radius 2 is 2.45 bits per heavy atom. The van der Waals surface area contributed by atoms with Crippen LogP contribution in [0.3, 0.4) is 0 Å². The van der Waals surface area contributed by atoms with E-state index in [0.717, 1.165) is 0 Å². The van der Waals surface area contributed by atoms with E-state index in [9.17, 15) is 0 Å². The number of hydrogen-bond donors (Lipinski definition) is 2. The van der Waals surface area contributed by atoms with E-state index in [1.165, 1.54) is 6.33 Å². The maximum absolute atomic E-state index is 9.07. The molecule has 11 heavy (non-hydrogen) atoms. The van der Waals surface area contributed by atoms with Crippen LogP contribution < -0.4 is 5.73 Å². The lowest BCUT2D eigenvalue weighted by molar-refractivity contribution is 0.165. The molecule has 0 saturated carbocycles. The molecule has 1 atom stereocenters. The molecule has 0 aliphatic carbocycles. The van der Waals surface area contributed by atoms with E-state index in [4.69, 9.17) is 10.8 Å². The van der Waals surface area contributed by atoms with E-state index in [1.54, 1.807) is 11.0 Å². The average molecular weight is 156 g/mol. The second kappa shape index (κ2) is 4.05. The van der Waals surface area contributed by atoms with Gasteiger partial charge in [0.05, 0.1) is 6.10 Å². The zero-order valence-electron chi connectivity index (χ0n) is 6.22. The summed E-state index contributed by atoms with van der Waals surface area (Å²) in [5.41, 5.74) is 5.22. The highest BCUT2D eigenvalue weighted by atomic mass is 16.3. The molecule has 3 N–H and O–H groups in total. The van der Waals surface area contributed by atoms with Crippen LogP contribution in [0.5, 0.6) is 0 Å². The van der Waals surface area contributed by atoms with E-state index in [-0.39, 0.29) is 0 Å². The SMILES string of the molecule is NCC(O)CCn1cncn1. The Bertz CT molecular complexity index is 186. The summed E-state index contributed by atoms with van der Waals surface area (Å²) < 4.78 is 1.67.